The molecule has 0 bridgehead atoms. The number of nitrogens with one attached hydrogen (secondary N) is 2. The molecule has 2 fully saturated rings. The topological polar surface area (TPSA) is 391 Å². The SMILES string of the molecule is CO[C@@H]1[C@H](O[P@@](=O)(NCCCOP(=O)([O-])[O-])OC[C@@H]2C[C@@H](O)[C@H](n3ccc(N)nc3=O)O2)[C@@H](COP(=O)([O-])[O-])O[C@H]1n1cnc2c(=O)[nH]c(N)nc21.[Na+].[Na+].[Na+].[Na+]. The Balaban J connectivity index is 0.00000392. The summed E-state index contributed by atoms with van der Waals surface area (Å²) in [6.07, 6.45) is -7.45. The maximum atomic E-state index is 14.3. The van der Waals surface area contributed by atoms with Gasteiger partial charge in [0.05, 0.1) is 47.9 Å². The first-order valence-electron chi connectivity index (χ1n) is 15.0. The number of phosphoric acid groups is 2. The van der Waals surface area contributed by atoms with Gasteiger partial charge in [0.25, 0.3) is 5.56 Å². The van der Waals surface area contributed by atoms with Crippen molar-refractivity contribution >= 4 is 46.3 Å². The molecule has 0 aromatic carbocycles. The molecular formula is C23H32N9Na4O17P3. The van der Waals surface area contributed by atoms with E-state index in [2.05, 4.69) is 34.1 Å². The molecule has 56 heavy (non-hydrogen) atoms. The number of aliphatic hydroxyl groups excluding tert-OH is 1. The van der Waals surface area contributed by atoms with Gasteiger partial charge in [-0.25, -0.2) is 19.4 Å². The van der Waals surface area contributed by atoms with E-state index in [0.717, 1.165) is 10.9 Å². The molecule has 0 unspecified atom stereocenters. The van der Waals surface area contributed by atoms with Crippen LogP contribution in [-0.4, -0.2) is 98.2 Å². The third-order valence-electron chi connectivity index (χ3n) is 7.54. The standard InChI is InChI=1S/C23H36N9O17P3.4Na/c1-43-17-16(13(9-46-52(40,41)42)48-21(17)32-10-26-15-18(32)29-22(25)30-19(15)34)49-50(36,27-4-2-6-44-51(37,38)39)45-8-11-7-12(33)20(47-11)31-5-3-14(24)28-23(31)35;;;;/h3,5,10-13,16-17,20-21,33H,2,4,6-9H2,1H3,(H,27,36)(H2,24,28,35)(H2,37,38,39)(H2,40,41,42)(H3,25,29,30,34);;;;/q;4*+1/p-4/t11-,12+,13+,16+,17+,20+,21+,50+;;;;/m0..../s1. The average Bonchev–Trinajstić information content (AvgIpc) is 3.72. The second kappa shape index (κ2) is 23.4. The Morgan fingerprint density at radius 3 is 2.27 bits per heavy atom. The summed E-state index contributed by atoms with van der Waals surface area (Å²) in [5.41, 5.74) is 9.39. The molecule has 290 valence electrons. The van der Waals surface area contributed by atoms with E-state index in [9.17, 15) is 48.0 Å². The third-order valence-corrected chi connectivity index (χ3v) is 10.1. The van der Waals surface area contributed by atoms with Crippen LogP contribution in [0.1, 0.15) is 25.3 Å². The zero-order valence-electron chi connectivity index (χ0n) is 30.7. The molecular weight excluding hydrogens is 859 g/mol. The van der Waals surface area contributed by atoms with Crippen LogP contribution in [0.5, 0.6) is 0 Å². The number of nitrogens with two attached hydrogens (primary N) is 2. The fourth-order valence-electron chi connectivity index (χ4n) is 5.36. The number of hydrogen-bond donors (Lipinski definition) is 5. The molecule has 8 atom stereocenters. The maximum absolute atomic E-state index is 14.3. The van der Waals surface area contributed by atoms with Crippen molar-refractivity contribution in [3.63, 3.8) is 0 Å². The number of hydrogen-bond acceptors (Lipinski definition) is 22. The molecule has 26 nitrogen and oxygen atoms in total. The number of methoxy groups -OCH3 is 1. The molecule has 0 aliphatic carbocycles. The van der Waals surface area contributed by atoms with E-state index in [4.69, 9.17) is 34.7 Å². The molecule has 5 heterocycles. The third kappa shape index (κ3) is 14.8. The largest absolute Gasteiger partial charge is 1.00 e. The number of fused-ring (bicyclic) bond motifs is 1. The predicted molar refractivity (Wildman–Crippen MR) is 163 cm³/mol. The fourth-order valence-corrected chi connectivity index (χ4v) is 7.64. The molecule has 2 aliphatic rings. The summed E-state index contributed by atoms with van der Waals surface area (Å²) in [5.74, 6) is -0.371. The Bertz CT molecular complexity index is 2000. The Morgan fingerprint density at radius 1 is 0.964 bits per heavy atom. The number of rotatable bonds is 17. The molecule has 2 saturated heterocycles. The predicted octanol–water partition coefficient (Wildman–Crippen LogP) is -16.7. The molecule has 33 heteroatoms. The van der Waals surface area contributed by atoms with Gasteiger partial charge in [0, 0.05) is 26.3 Å². The smallest absolute Gasteiger partial charge is 0.790 e. The zero-order chi connectivity index (χ0) is 38.0. The van der Waals surface area contributed by atoms with Gasteiger partial charge in [-0.2, -0.15) is 9.97 Å². The molecule has 3 aromatic rings. The van der Waals surface area contributed by atoms with Crippen LogP contribution >= 0.6 is 23.4 Å². The van der Waals surface area contributed by atoms with Crippen molar-refractivity contribution in [2.45, 2.75) is 55.8 Å². The number of aliphatic hydroxyl groups is 1. The Morgan fingerprint density at radius 2 is 1.64 bits per heavy atom. The van der Waals surface area contributed by atoms with E-state index in [-0.39, 0.29) is 161 Å². The minimum atomic E-state index is -5.62. The number of nitrogens with zero attached hydrogens (tertiary/aromatic N) is 5. The van der Waals surface area contributed by atoms with Crippen molar-refractivity contribution in [1.29, 1.82) is 0 Å². The summed E-state index contributed by atoms with van der Waals surface area (Å²) in [6.45, 7) is -2.57. The molecule has 0 amide bonds. The van der Waals surface area contributed by atoms with Crippen molar-refractivity contribution in [1.82, 2.24) is 34.2 Å². The van der Waals surface area contributed by atoms with Gasteiger partial charge in [0.15, 0.2) is 23.6 Å². The monoisotopic (exact) mass is 891 g/mol. The van der Waals surface area contributed by atoms with Gasteiger partial charge in [-0.15, -0.1) is 0 Å². The van der Waals surface area contributed by atoms with Crippen LogP contribution in [0, 0.1) is 0 Å². The van der Waals surface area contributed by atoms with E-state index >= 15 is 0 Å². The maximum Gasteiger partial charge on any atom is 1.00 e. The molecule has 5 rings (SSSR count). The molecule has 3 aromatic heterocycles. The number of aromatic amines is 1. The van der Waals surface area contributed by atoms with Crippen LogP contribution in [0.15, 0.2) is 28.2 Å². The first-order chi connectivity index (χ1) is 24.4. The van der Waals surface area contributed by atoms with Crippen molar-refractivity contribution in [2.24, 2.45) is 0 Å². The number of nitrogen functional groups attached to an aromatic ring is 2. The van der Waals surface area contributed by atoms with Gasteiger partial charge >= 0.3 is 132 Å². The van der Waals surface area contributed by atoms with Gasteiger partial charge in [-0.3, -0.25) is 28.0 Å². The Labute approximate surface area is 405 Å². The van der Waals surface area contributed by atoms with Crippen molar-refractivity contribution in [3.8, 4) is 0 Å². The van der Waals surface area contributed by atoms with Gasteiger partial charge in [0.1, 0.15) is 30.2 Å². The van der Waals surface area contributed by atoms with Gasteiger partial charge in [-0.05, 0) is 12.5 Å². The summed E-state index contributed by atoms with van der Waals surface area (Å²) >= 11 is 0. The summed E-state index contributed by atoms with van der Waals surface area (Å²) in [4.78, 5) is 83.2. The van der Waals surface area contributed by atoms with E-state index in [0.29, 0.717) is 0 Å². The second-order valence-electron chi connectivity index (χ2n) is 11.2. The van der Waals surface area contributed by atoms with Crippen molar-refractivity contribution in [3.05, 3.63) is 39.4 Å². The first kappa shape index (κ1) is 55.0. The van der Waals surface area contributed by atoms with Crippen LogP contribution in [0.4, 0.5) is 11.8 Å². The molecule has 2 aliphatic heterocycles. The number of ether oxygens (including phenoxy) is 3. The molecule has 7 N–H and O–H groups in total. The van der Waals surface area contributed by atoms with Gasteiger partial charge in [-0.1, -0.05) is 0 Å². The Hall–Kier alpha value is 1.000. The van der Waals surface area contributed by atoms with E-state index in [1.54, 1.807) is 0 Å². The summed E-state index contributed by atoms with van der Waals surface area (Å²) in [6, 6.07) is 1.30. The van der Waals surface area contributed by atoms with Gasteiger partial charge in [0.2, 0.25) is 5.95 Å². The van der Waals surface area contributed by atoms with E-state index in [1.165, 1.54) is 23.9 Å². The number of anilines is 2. The molecule has 0 saturated carbocycles. The number of phosphoric ester groups is 2. The van der Waals surface area contributed by atoms with Crippen LogP contribution in [0.2, 0.25) is 0 Å². The summed E-state index contributed by atoms with van der Waals surface area (Å²) in [5, 5.41) is 13.1. The summed E-state index contributed by atoms with van der Waals surface area (Å²) < 4.78 is 76.2. The minimum Gasteiger partial charge on any atom is -0.790 e. The van der Waals surface area contributed by atoms with Crippen molar-refractivity contribution < 1.29 is 189 Å². The normalized spacial score (nSPS) is 24.7. The Kier molecular flexibility index (Phi) is 23.0. The fraction of sp³-hybridized carbons (Fsp3) is 0.609. The second-order valence-corrected chi connectivity index (χ2v) is 15.3. The van der Waals surface area contributed by atoms with Gasteiger partial charge < -0.3 is 68.5 Å². The zero-order valence-corrected chi connectivity index (χ0v) is 41.4. The molecule has 0 spiro atoms. The first-order valence-corrected chi connectivity index (χ1v) is 19.4. The van der Waals surface area contributed by atoms with Crippen LogP contribution in [0.25, 0.3) is 11.2 Å². The number of aromatic nitrogens is 6. The quantitative estimate of drug-likeness (QED) is 0.0477. The number of H-pyrrole nitrogens is 1. The summed E-state index contributed by atoms with van der Waals surface area (Å²) in [7, 11) is -14.5. The minimum absolute atomic E-state index is 0. The van der Waals surface area contributed by atoms with E-state index < -0.39 is 97.4 Å². The van der Waals surface area contributed by atoms with E-state index in [1.807, 2.05) is 0 Å². The van der Waals surface area contributed by atoms with Crippen LogP contribution in [-0.2, 0) is 46.0 Å². The van der Waals surface area contributed by atoms with Crippen LogP contribution in [0.3, 0.4) is 0 Å². The average molecular weight is 891 g/mol. The molecule has 0 radical (unpaired) electrons. The number of imidazole rings is 1. The van der Waals surface area contributed by atoms with Crippen molar-refractivity contribution in [2.75, 3.05) is 44.9 Å². The van der Waals surface area contributed by atoms with Crippen LogP contribution < -0.4 is 166 Å².